The van der Waals surface area contributed by atoms with E-state index in [9.17, 15) is 0 Å². The number of likely N-dealkylation sites (tertiary alicyclic amines) is 1. The Labute approximate surface area is 87.6 Å². The lowest BCUT2D eigenvalue weighted by Gasteiger charge is -2.41. The molecule has 0 amide bonds. The molecule has 0 aromatic rings. The largest absolute Gasteiger partial charge is 0.383 e. The van der Waals surface area contributed by atoms with Gasteiger partial charge in [0, 0.05) is 25.2 Å². The van der Waals surface area contributed by atoms with Crippen molar-refractivity contribution in [3.63, 3.8) is 0 Å². The second-order valence-electron chi connectivity index (χ2n) is 4.46. The van der Waals surface area contributed by atoms with Crippen LogP contribution in [0.2, 0.25) is 0 Å². The quantitative estimate of drug-likeness (QED) is 0.741. The van der Waals surface area contributed by atoms with Gasteiger partial charge in [0.25, 0.3) is 0 Å². The summed E-state index contributed by atoms with van der Waals surface area (Å²) in [7, 11) is 1.77. The molecule has 2 N–H and O–H groups in total. The van der Waals surface area contributed by atoms with Gasteiger partial charge in [-0.05, 0) is 33.2 Å². The molecule has 0 radical (unpaired) electrons. The molecule has 3 unspecified atom stereocenters. The van der Waals surface area contributed by atoms with Gasteiger partial charge >= 0.3 is 0 Å². The van der Waals surface area contributed by atoms with Gasteiger partial charge in [0.2, 0.25) is 0 Å². The Morgan fingerprint density at radius 1 is 1.43 bits per heavy atom. The number of piperidine rings is 1. The summed E-state index contributed by atoms with van der Waals surface area (Å²) >= 11 is 0. The molecule has 3 nitrogen and oxygen atoms in total. The molecule has 0 saturated carbocycles. The molecule has 0 aromatic carbocycles. The van der Waals surface area contributed by atoms with Gasteiger partial charge in [-0.3, -0.25) is 4.90 Å². The normalized spacial score (nSPS) is 28.7. The number of hydrogen-bond acceptors (Lipinski definition) is 3. The summed E-state index contributed by atoms with van der Waals surface area (Å²) in [5, 5.41) is 0. The van der Waals surface area contributed by atoms with Gasteiger partial charge < -0.3 is 10.5 Å². The first-order valence-corrected chi connectivity index (χ1v) is 5.67. The van der Waals surface area contributed by atoms with Gasteiger partial charge in [-0.25, -0.2) is 0 Å². The van der Waals surface area contributed by atoms with Crippen LogP contribution >= 0.6 is 0 Å². The van der Waals surface area contributed by atoms with Crippen molar-refractivity contribution in [1.82, 2.24) is 4.90 Å². The lowest BCUT2D eigenvalue weighted by atomic mass is 9.95. The van der Waals surface area contributed by atoms with Crippen LogP contribution in [0.3, 0.4) is 0 Å². The van der Waals surface area contributed by atoms with Crippen molar-refractivity contribution in [2.24, 2.45) is 5.73 Å². The molecular weight excluding hydrogens is 176 g/mol. The number of nitrogens with two attached hydrogens (primary N) is 1. The van der Waals surface area contributed by atoms with E-state index in [1.165, 1.54) is 25.8 Å². The zero-order valence-electron chi connectivity index (χ0n) is 9.70. The summed E-state index contributed by atoms with van der Waals surface area (Å²) in [6.45, 7) is 6.33. The minimum absolute atomic E-state index is 0.273. The van der Waals surface area contributed by atoms with Crippen LogP contribution in [-0.2, 0) is 4.74 Å². The predicted octanol–water partition coefficient (Wildman–Crippen LogP) is 1.22. The zero-order valence-corrected chi connectivity index (χ0v) is 9.70. The van der Waals surface area contributed by atoms with Gasteiger partial charge in [-0.15, -0.1) is 0 Å². The third-order valence-corrected chi connectivity index (χ3v) is 3.17. The van der Waals surface area contributed by atoms with Crippen molar-refractivity contribution in [3.05, 3.63) is 0 Å². The smallest absolute Gasteiger partial charge is 0.0615 e. The van der Waals surface area contributed by atoms with Crippen LogP contribution < -0.4 is 5.73 Å². The highest BCUT2D eigenvalue weighted by molar-refractivity contribution is 4.85. The Morgan fingerprint density at radius 3 is 2.71 bits per heavy atom. The third kappa shape index (κ3) is 2.94. The monoisotopic (exact) mass is 200 g/mol. The van der Waals surface area contributed by atoms with E-state index < -0.39 is 0 Å². The minimum atomic E-state index is 0.273. The van der Waals surface area contributed by atoms with E-state index >= 15 is 0 Å². The fourth-order valence-electron chi connectivity index (χ4n) is 2.43. The first kappa shape index (κ1) is 12.0. The average molecular weight is 200 g/mol. The standard InChI is InChI=1S/C11H24N2O/c1-9(8-14-3)13-7-5-4-6-11(13)10(2)12/h9-11H,4-8,12H2,1-3H3. The summed E-state index contributed by atoms with van der Waals surface area (Å²) in [5.41, 5.74) is 6.01. The van der Waals surface area contributed by atoms with Crippen LogP contribution in [0.5, 0.6) is 0 Å². The first-order valence-electron chi connectivity index (χ1n) is 5.67. The van der Waals surface area contributed by atoms with E-state index in [-0.39, 0.29) is 6.04 Å². The summed E-state index contributed by atoms with van der Waals surface area (Å²) in [6.07, 6.45) is 3.87. The summed E-state index contributed by atoms with van der Waals surface area (Å²) in [6, 6.07) is 1.32. The number of rotatable bonds is 4. The lowest BCUT2D eigenvalue weighted by molar-refractivity contribution is 0.0411. The molecule has 1 heterocycles. The molecule has 0 aromatic heterocycles. The molecule has 3 atom stereocenters. The Hall–Kier alpha value is -0.120. The Bertz CT molecular complexity index is 161. The average Bonchev–Trinajstić information content (AvgIpc) is 2.18. The lowest BCUT2D eigenvalue weighted by Crippen LogP contribution is -2.53. The van der Waals surface area contributed by atoms with Gasteiger partial charge in [0.1, 0.15) is 0 Å². The van der Waals surface area contributed by atoms with E-state index in [2.05, 4.69) is 18.7 Å². The molecule has 1 aliphatic heterocycles. The number of ether oxygens (including phenoxy) is 1. The molecule has 0 spiro atoms. The highest BCUT2D eigenvalue weighted by Gasteiger charge is 2.28. The number of methoxy groups -OCH3 is 1. The second-order valence-corrected chi connectivity index (χ2v) is 4.46. The molecule has 14 heavy (non-hydrogen) atoms. The highest BCUT2D eigenvalue weighted by atomic mass is 16.5. The van der Waals surface area contributed by atoms with Crippen LogP contribution in [0.1, 0.15) is 33.1 Å². The molecule has 1 saturated heterocycles. The fraction of sp³-hybridized carbons (Fsp3) is 1.00. The van der Waals surface area contributed by atoms with E-state index in [4.69, 9.17) is 10.5 Å². The van der Waals surface area contributed by atoms with Crippen molar-refractivity contribution in [1.29, 1.82) is 0 Å². The van der Waals surface area contributed by atoms with Gasteiger partial charge in [0.05, 0.1) is 6.61 Å². The van der Waals surface area contributed by atoms with E-state index in [1.54, 1.807) is 7.11 Å². The topological polar surface area (TPSA) is 38.5 Å². The summed E-state index contributed by atoms with van der Waals surface area (Å²) in [5.74, 6) is 0. The van der Waals surface area contributed by atoms with Gasteiger partial charge in [-0.1, -0.05) is 6.42 Å². The highest BCUT2D eigenvalue weighted by Crippen LogP contribution is 2.21. The fourth-order valence-corrected chi connectivity index (χ4v) is 2.43. The first-order chi connectivity index (χ1) is 6.66. The van der Waals surface area contributed by atoms with Crippen LogP contribution in [0, 0.1) is 0 Å². The van der Waals surface area contributed by atoms with Crippen LogP contribution in [0.4, 0.5) is 0 Å². The molecule has 0 aliphatic carbocycles. The SMILES string of the molecule is COCC(C)N1CCCCC1C(C)N. The predicted molar refractivity (Wildman–Crippen MR) is 59.3 cm³/mol. The maximum Gasteiger partial charge on any atom is 0.0615 e. The van der Waals surface area contributed by atoms with Crippen molar-refractivity contribution in [3.8, 4) is 0 Å². The van der Waals surface area contributed by atoms with E-state index in [1.807, 2.05) is 0 Å². The third-order valence-electron chi connectivity index (χ3n) is 3.17. The van der Waals surface area contributed by atoms with E-state index in [0.29, 0.717) is 12.1 Å². The van der Waals surface area contributed by atoms with Crippen molar-refractivity contribution in [2.45, 2.75) is 51.2 Å². The molecule has 3 heteroatoms. The number of nitrogens with zero attached hydrogens (tertiary/aromatic N) is 1. The van der Waals surface area contributed by atoms with Crippen molar-refractivity contribution >= 4 is 0 Å². The van der Waals surface area contributed by atoms with Gasteiger partial charge in [0.15, 0.2) is 0 Å². The summed E-state index contributed by atoms with van der Waals surface area (Å²) < 4.78 is 5.20. The van der Waals surface area contributed by atoms with E-state index in [0.717, 1.165) is 6.61 Å². The minimum Gasteiger partial charge on any atom is -0.383 e. The Balaban J connectivity index is 2.53. The van der Waals surface area contributed by atoms with Crippen LogP contribution in [-0.4, -0.2) is 43.3 Å². The number of hydrogen-bond donors (Lipinski definition) is 1. The zero-order chi connectivity index (χ0) is 10.6. The van der Waals surface area contributed by atoms with Crippen LogP contribution in [0.15, 0.2) is 0 Å². The molecular formula is C11H24N2O. The molecule has 84 valence electrons. The Kier molecular flexibility index (Phi) is 4.85. The molecule has 0 bridgehead atoms. The van der Waals surface area contributed by atoms with Crippen LogP contribution in [0.25, 0.3) is 0 Å². The maximum absolute atomic E-state index is 6.01. The molecule has 1 aliphatic rings. The van der Waals surface area contributed by atoms with Crippen molar-refractivity contribution in [2.75, 3.05) is 20.3 Å². The van der Waals surface area contributed by atoms with Gasteiger partial charge in [-0.2, -0.15) is 0 Å². The second kappa shape index (κ2) is 5.69. The molecule has 1 rings (SSSR count). The summed E-state index contributed by atoms with van der Waals surface area (Å²) in [4.78, 5) is 2.51. The maximum atomic E-state index is 6.01. The Morgan fingerprint density at radius 2 is 2.14 bits per heavy atom. The van der Waals surface area contributed by atoms with Crippen molar-refractivity contribution < 1.29 is 4.74 Å². The molecule has 1 fully saturated rings.